The first kappa shape index (κ1) is 11.9. The Labute approximate surface area is 100 Å². The fourth-order valence-electron chi connectivity index (χ4n) is 2.40. The van der Waals surface area contributed by atoms with Crippen molar-refractivity contribution in [2.24, 2.45) is 5.92 Å². The quantitative estimate of drug-likeness (QED) is 0.886. The average Bonchev–Trinajstić information content (AvgIpc) is 2.59. The van der Waals surface area contributed by atoms with Crippen LogP contribution in [-0.4, -0.2) is 9.55 Å². The van der Waals surface area contributed by atoms with Gasteiger partial charge in [0.25, 0.3) is 0 Å². The van der Waals surface area contributed by atoms with E-state index in [2.05, 4.69) is 25.8 Å². The van der Waals surface area contributed by atoms with Crippen LogP contribution in [-0.2, 0) is 0 Å². The van der Waals surface area contributed by atoms with Crippen LogP contribution in [0.3, 0.4) is 0 Å². The van der Waals surface area contributed by atoms with Gasteiger partial charge >= 0.3 is 0 Å². The van der Waals surface area contributed by atoms with Gasteiger partial charge in [-0.1, -0.05) is 26.8 Å². The lowest BCUT2D eigenvalue weighted by molar-refractivity contribution is 0.377. The summed E-state index contributed by atoms with van der Waals surface area (Å²) in [6, 6.07) is 5.23. The van der Waals surface area contributed by atoms with Gasteiger partial charge in [-0.05, 0) is 24.5 Å². The number of hydrogen-bond donors (Lipinski definition) is 1. The zero-order valence-electron chi connectivity index (χ0n) is 10.4. The molecule has 0 radical (unpaired) electrons. The molecule has 1 heterocycles. The van der Waals surface area contributed by atoms with Crippen molar-refractivity contribution in [2.45, 2.75) is 33.2 Å². The zero-order chi connectivity index (χ0) is 12.6. The van der Waals surface area contributed by atoms with Gasteiger partial charge in [-0.2, -0.15) is 0 Å². The summed E-state index contributed by atoms with van der Waals surface area (Å²) in [7, 11) is 0. The molecule has 4 heteroatoms. The average molecular weight is 235 g/mol. The highest BCUT2D eigenvalue weighted by Crippen LogP contribution is 2.30. The van der Waals surface area contributed by atoms with Gasteiger partial charge in [0.2, 0.25) is 5.95 Å². The first-order valence-electron chi connectivity index (χ1n) is 5.98. The van der Waals surface area contributed by atoms with Crippen LogP contribution >= 0.6 is 0 Å². The maximum absolute atomic E-state index is 13.6. The molecule has 0 fully saturated rings. The maximum atomic E-state index is 13.6. The molecule has 92 valence electrons. The lowest BCUT2D eigenvalue weighted by Crippen LogP contribution is -2.16. The van der Waals surface area contributed by atoms with E-state index < -0.39 is 0 Å². The second kappa shape index (κ2) is 4.35. The Hall–Kier alpha value is -1.58. The minimum absolute atomic E-state index is 0.252. The molecule has 0 spiro atoms. The number of fused-ring (bicyclic) bond motifs is 1. The van der Waals surface area contributed by atoms with Gasteiger partial charge in [0.1, 0.15) is 5.52 Å². The van der Waals surface area contributed by atoms with Crippen LogP contribution in [0.1, 0.15) is 33.2 Å². The maximum Gasteiger partial charge on any atom is 0.201 e. The highest BCUT2D eigenvalue weighted by molar-refractivity contribution is 5.79. The summed E-state index contributed by atoms with van der Waals surface area (Å²) in [5.41, 5.74) is 7.07. The lowest BCUT2D eigenvalue weighted by atomic mass is 10.0. The first-order chi connectivity index (χ1) is 8.06. The molecule has 2 aromatic rings. The topological polar surface area (TPSA) is 43.8 Å². The fraction of sp³-hybridized carbons (Fsp3) is 0.462. The number of hydrogen-bond acceptors (Lipinski definition) is 2. The normalized spacial score (nSPS) is 13.5. The highest BCUT2D eigenvalue weighted by atomic mass is 19.1. The summed E-state index contributed by atoms with van der Waals surface area (Å²) in [5.74, 6) is 0.514. The first-order valence-corrected chi connectivity index (χ1v) is 5.98. The van der Waals surface area contributed by atoms with E-state index in [1.54, 1.807) is 6.07 Å². The second-order valence-corrected chi connectivity index (χ2v) is 4.67. The summed E-state index contributed by atoms with van der Waals surface area (Å²) in [5, 5.41) is 0. The van der Waals surface area contributed by atoms with E-state index in [-0.39, 0.29) is 11.9 Å². The predicted molar refractivity (Wildman–Crippen MR) is 68.3 cm³/mol. The molecule has 2 N–H and O–H groups in total. The smallest absolute Gasteiger partial charge is 0.201 e. The number of anilines is 1. The molecule has 0 saturated heterocycles. The number of rotatable bonds is 3. The molecule has 0 aliphatic carbocycles. The third-order valence-corrected chi connectivity index (χ3v) is 3.22. The van der Waals surface area contributed by atoms with Crippen molar-refractivity contribution in [3.05, 3.63) is 24.0 Å². The Morgan fingerprint density at radius 3 is 2.71 bits per heavy atom. The van der Waals surface area contributed by atoms with Crippen LogP contribution in [0, 0.1) is 11.7 Å². The molecule has 0 bridgehead atoms. The molecule has 1 aromatic carbocycles. The van der Waals surface area contributed by atoms with Crippen molar-refractivity contribution >= 4 is 17.0 Å². The number of nitrogen functional groups attached to an aromatic ring is 1. The number of nitrogens with two attached hydrogens (primary N) is 1. The number of imidazole rings is 1. The van der Waals surface area contributed by atoms with Crippen LogP contribution in [0.15, 0.2) is 18.2 Å². The molecule has 0 amide bonds. The predicted octanol–water partition coefficient (Wildman–Crippen LogP) is 3.36. The number of aromatic nitrogens is 2. The standard InChI is InChI=1S/C13H18FN3/c1-4-10(8(2)3)17-11-7-5-6-9(14)12(11)16-13(17)15/h5-8,10H,4H2,1-3H3,(H2,15,16). The highest BCUT2D eigenvalue weighted by Gasteiger charge is 2.20. The summed E-state index contributed by atoms with van der Waals surface area (Å²) in [6.45, 7) is 6.38. The van der Waals surface area contributed by atoms with Gasteiger partial charge in [-0.15, -0.1) is 0 Å². The molecular formula is C13H18FN3. The van der Waals surface area contributed by atoms with Crippen LogP contribution in [0.25, 0.3) is 11.0 Å². The Morgan fingerprint density at radius 1 is 1.41 bits per heavy atom. The number of para-hydroxylation sites is 1. The van der Waals surface area contributed by atoms with Gasteiger partial charge in [0.05, 0.1) is 5.52 Å². The van der Waals surface area contributed by atoms with E-state index in [4.69, 9.17) is 5.73 Å². The molecule has 0 aliphatic heterocycles. The van der Waals surface area contributed by atoms with Crippen molar-refractivity contribution in [3.63, 3.8) is 0 Å². The van der Waals surface area contributed by atoms with Crippen LogP contribution < -0.4 is 5.73 Å². The summed E-state index contributed by atoms with van der Waals surface area (Å²) < 4.78 is 15.6. The largest absolute Gasteiger partial charge is 0.369 e. The minimum atomic E-state index is -0.313. The number of nitrogens with zero attached hydrogens (tertiary/aromatic N) is 2. The second-order valence-electron chi connectivity index (χ2n) is 4.67. The monoisotopic (exact) mass is 235 g/mol. The molecule has 0 aliphatic rings. The summed E-state index contributed by atoms with van der Waals surface area (Å²) in [4.78, 5) is 4.13. The van der Waals surface area contributed by atoms with Crippen molar-refractivity contribution in [1.82, 2.24) is 9.55 Å². The third kappa shape index (κ3) is 1.88. The Bertz CT molecular complexity index is 531. The fourth-order valence-corrected chi connectivity index (χ4v) is 2.40. The van der Waals surface area contributed by atoms with E-state index in [9.17, 15) is 4.39 Å². The van der Waals surface area contributed by atoms with Gasteiger partial charge in [-0.25, -0.2) is 9.37 Å². The van der Waals surface area contributed by atoms with Crippen LogP contribution in [0.4, 0.5) is 10.3 Å². The van der Waals surface area contributed by atoms with Crippen molar-refractivity contribution in [1.29, 1.82) is 0 Å². The van der Waals surface area contributed by atoms with Crippen molar-refractivity contribution in [3.8, 4) is 0 Å². The van der Waals surface area contributed by atoms with E-state index in [0.29, 0.717) is 17.4 Å². The summed E-state index contributed by atoms with van der Waals surface area (Å²) >= 11 is 0. The molecule has 2 rings (SSSR count). The van der Waals surface area contributed by atoms with E-state index in [0.717, 1.165) is 11.9 Å². The van der Waals surface area contributed by atoms with Crippen molar-refractivity contribution < 1.29 is 4.39 Å². The van der Waals surface area contributed by atoms with Gasteiger partial charge in [0, 0.05) is 6.04 Å². The van der Waals surface area contributed by atoms with Gasteiger partial charge < -0.3 is 10.3 Å². The third-order valence-electron chi connectivity index (χ3n) is 3.22. The van der Waals surface area contributed by atoms with Crippen LogP contribution in [0.5, 0.6) is 0 Å². The SMILES string of the molecule is CCC(C(C)C)n1c(N)nc2c(F)cccc21. The molecule has 17 heavy (non-hydrogen) atoms. The molecule has 1 atom stereocenters. The van der Waals surface area contributed by atoms with E-state index in [1.807, 2.05) is 10.6 Å². The number of halogens is 1. The van der Waals surface area contributed by atoms with Gasteiger partial charge in [-0.3, -0.25) is 0 Å². The molecule has 1 unspecified atom stereocenters. The van der Waals surface area contributed by atoms with Gasteiger partial charge in [0.15, 0.2) is 5.82 Å². The van der Waals surface area contributed by atoms with E-state index in [1.165, 1.54) is 6.07 Å². The Morgan fingerprint density at radius 2 is 2.12 bits per heavy atom. The molecule has 0 saturated carbocycles. The molecular weight excluding hydrogens is 217 g/mol. The Kier molecular flexibility index (Phi) is 3.05. The van der Waals surface area contributed by atoms with Crippen molar-refractivity contribution in [2.75, 3.05) is 5.73 Å². The minimum Gasteiger partial charge on any atom is -0.369 e. The van der Waals surface area contributed by atoms with E-state index >= 15 is 0 Å². The lowest BCUT2D eigenvalue weighted by Gasteiger charge is -2.22. The van der Waals surface area contributed by atoms with Crippen LogP contribution in [0.2, 0.25) is 0 Å². The number of benzene rings is 1. The molecule has 1 aromatic heterocycles. The zero-order valence-corrected chi connectivity index (χ0v) is 10.4. The Balaban J connectivity index is 2.68. The summed E-state index contributed by atoms with van der Waals surface area (Å²) in [6.07, 6.45) is 0.948. The molecule has 3 nitrogen and oxygen atoms in total.